The number of urea groups is 2. The van der Waals surface area contributed by atoms with Gasteiger partial charge < -0.3 is 20.9 Å². The van der Waals surface area contributed by atoms with Gasteiger partial charge in [-0.25, -0.2) is 9.59 Å². The first-order valence-corrected chi connectivity index (χ1v) is 8.44. The van der Waals surface area contributed by atoms with Gasteiger partial charge in [-0.2, -0.15) is 0 Å². The number of amides is 4. The van der Waals surface area contributed by atoms with E-state index in [2.05, 4.69) is 20.9 Å². The summed E-state index contributed by atoms with van der Waals surface area (Å²) in [7, 11) is 3.20. The van der Waals surface area contributed by atoms with Crippen LogP contribution in [0.15, 0.2) is 24.5 Å². The molecule has 0 spiro atoms. The molecule has 0 saturated heterocycles. The lowest BCUT2D eigenvalue weighted by molar-refractivity contribution is 0.205. The first kappa shape index (κ1) is 26.6. The number of carbonyl (C=O) groups excluding carboxylic acids is 2. The molecule has 1 aromatic heterocycles. The fourth-order valence-electron chi connectivity index (χ4n) is 1.30. The van der Waals surface area contributed by atoms with Crippen LogP contribution in [0.2, 0.25) is 0 Å². The van der Waals surface area contributed by atoms with Crippen molar-refractivity contribution in [3.63, 3.8) is 0 Å². The van der Waals surface area contributed by atoms with Gasteiger partial charge in [0, 0.05) is 33.4 Å². The SMILES string of the molecule is CC.CC.CCN(CC)C(=O)NC.CNC(=O)Nc1cccnc1. The quantitative estimate of drug-likeness (QED) is 0.786. The van der Waals surface area contributed by atoms with Crippen LogP contribution >= 0.6 is 0 Å². The molecular formula is C17H35N5O2. The molecule has 1 heterocycles. The van der Waals surface area contributed by atoms with Crippen LogP contribution in [0, 0.1) is 0 Å². The second kappa shape index (κ2) is 20.7. The van der Waals surface area contributed by atoms with E-state index in [9.17, 15) is 9.59 Å². The van der Waals surface area contributed by atoms with Gasteiger partial charge in [0.15, 0.2) is 0 Å². The summed E-state index contributed by atoms with van der Waals surface area (Å²) in [5, 5.41) is 7.57. The van der Waals surface area contributed by atoms with Crippen molar-refractivity contribution in [3.8, 4) is 0 Å². The van der Waals surface area contributed by atoms with Gasteiger partial charge in [-0.3, -0.25) is 4.98 Å². The molecule has 0 aliphatic heterocycles. The highest BCUT2D eigenvalue weighted by atomic mass is 16.2. The Balaban J connectivity index is -0.000000309. The van der Waals surface area contributed by atoms with Gasteiger partial charge >= 0.3 is 12.1 Å². The van der Waals surface area contributed by atoms with Gasteiger partial charge in [0.2, 0.25) is 0 Å². The zero-order valence-corrected chi connectivity index (χ0v) is 16.4. The summed E-state index contributed by atoms with van der Waals surface area (Å²) in [6, 6.07) is 3.28. The third-order valence-electron chi connectivity index (χ3n) is 2.41. The van der Waals surface area contributed by atoms with Crippen LogP contribution in [0.3, 0.4) is 0 Å². The van der Waals surface area contributed by atoms with Crippen molar-refractivity contribution < 1.29 is 9.59 Å². The van der Waals surface area contributed by atoms with Gasteiger partial charge in [0.05, 0.1) is 11.9 Å². The molecule has 24 heavy (non-hydrogen) atoms. The molecule has 1 aromatic rings. The van der Waals surface area contributed by atoms with Crippen LogP contribution in [-0.4, -0.2) is 49.1 Å². The van der Waals surface area contributed by atoms with Crippen molar-refractivity contribution >= 4 is 17.7 Å². The van der Waals surface area contributed by atoms with Crippen LogP contribution in [0.5, 0.6) is 0 Å². The van der Waals surface area contributed by atoms with Gasteiger partial charge in [-0.15, -0.1) is 0 Å². The minimum atomic E-state index is -0.238. The molecule has 0 saturated carbocycles. The second-order valence-corrected chi connectivity index (χ2v) is 3.67. The van der Waals surface area contributed by atoms with Gasteiger partial charge in [0.25, 0.3) is 0 Å². The first-order chi connectivity index (χ1) is 11.6. The molecule has 7 heteroatoms. The summed E-state index contributed by atoms with van der Waals surface area (Å²) in [6.45, 7) is 13.5. The average Bonchev–Trinajstić information content (AvgIpc) is 2.67. The number of nitrogens with zero attached hydrogens (tertiary/aromatic N) is 2. The fraction of sp³-hybridized carbons (Fsp3) is 0.588. The first-order valence-electron chi connectivity index (χ1n) is 8.44. The van der Waals surface area contributed by atoms with E-state index in [1.165, 1.54) is 0 Å². The van der Waals surface area contributed by atoms with Crippen LogP contribution in [0.1, 0.15) is 41.5 Å². The molecule has 0 unspecified atom stereocenters. The Morgan fingerprint density at radius 2 is 1.58 bits per heavy atom. The number of rotatable bonds is 3. The second-order valence-electron chi connectivity index (χ2n) is 3.67. The number of carbonyl (C=O) groups is 2. The summed E-state index contributed by atoms with van der Waals surface area (Å²) in [6.07, 6.45) is 3.23. The maximum atomic E-state index is 10.8. The Kier molecular flexibility index (Phi) is 22.9. The Bertz CT molecular complexity index is 395. The maximum Gasteiger partial charge on any atom is 0.319 e. The van der Waals surface area contributed by atoms with Crippen molar-refractivity contribution in [2.75, 3.05) is 32.5 Å². The smallest absolute Gasteiger partial charge is 0.319 e. The normalized spacial score (nSPS) is 7.83. The number of hydrogen-bond acceptors (Lipinski definition) is 3. The lowest BCUT2D eigenvalue weighted by atomic mass is 10.4. The molecule has 0 atom stereocenters. The summed E-state index contributed by atoms with van der Waals surface area (Å²) >= 11 is 0. The number of hydrogen-bond donors (Lipinski definition) is 3. The minimum Gasteiger partial charge on any atom is -0.341 e. The van der Waals surface area contributed by atoms with Gasteiger partial charge in [0.1, 0.15) is 0 Å². The maximum absolute atomic E-state index is 10.8. The molecule has 4 amide bonds. The highest BCUT2D eigenvalue weighted by Gasteiger charge is 2.03. The summed E-state index contributed by atoms with van der Waals surface area (Å²) in [4.78, 5) is 27.1. The molecule has 0 aromatic carbocycles. The van der Waals surface area contributed by atoms with E-state index < -0.39 is 0 Å². The van der Waals surface area contributed by atoms with E-state index in [-0.39, 0.29) is 12.1 Å². The van der Waals surface area contributed by atoms with Crippen molar-refractivity contribution in [2.24, 2.45) is 0 Å². The Morgan fingerprint density at radius 1 is 1.04 bits per heavy atom. The van der Waals surface area contributed by atoms with Crippen LogP contribution in [0.4, 0.5) is 15.3 Å². The van der Waals surface area contributed by atoms with Crippen molar-refractivity contribution in [1.82, 2.24) is 20.5 Å². The molecule has 0 aliphatic carbocycles. The van der Waals surface area contributed by atoms with Crippen molar-refractivity contribution in [1.29, 1.82) is 0 Å². The largest absolute Gasteiger partial charge is 0.341 e. The third-order valence-corrected chi connectivity index (χ3v) is 2.41. The van der Waals surface area contributed by atoms with Crippen molar-refractivity contribution in [3.05, 3.63) is 24.5 Å². The molecule has 7 nitrogen and oxygen atoms in total. The summed E-state index contributed by atoms with van der Waals surface area (Å²) in [5.74, 6) is 0. The van der Waals surface area contributed by atoms with Gasteiger partial charge in [-0.05, 0) is 26.0 Å². The average molecular weight is 342 g/mol. The minimum absolute atomic E-state index is 0.000000000000000222. The van der Waals surface area contributed by atoms with Crippen molar-refractivity contribution in [2.45, 2.75) is 41.5 Å². The molecule has 140 valence electrons. The van der Waals surface area contributed by atoms with E-state index in [4.69, 9.17) is 0 Å². The predicted octanol–water partition coefficient (Wildman–Crippen LogP) is 3.55. The number of anilines is 1. The van der Waals surface area contributed by atoms with Crippen LogP contribution < -0.4 is 16.0 Å². The lowest BCUT2D eigenvalue weighted by Crippen LogP contribution is -2.37. The van der Waals surface area contributed by atoms with E-state index in [1.54, 1.807) is 43.5 Å². The molecule has 0 aliphatic rings. The van der Waals surface area contributed by atoms with Gasteiger partial charge in [-0.1, -0.05) is 27.7 Å². The monoisotopic (exact) mass is 341 g/mol. The van der Waals surface area contributed by atoms with E-state index >= 15 is 0 Å². The topological polar surface area (TPSA) is 86.4 Å². The molecular weight excluding hydrogens is 306 g/mol. The highest BCUT2D eigenvalue weighted by molar-refractivity contribution is 5.88. The molecule has 0 fully saturated rings. The van der Waals surface area contributed by atoms with E-state index in [1.807, 2.05) is 41.5 Å². The third kappa shape index (κ3) is 14.6. The Labute approximate surface area is 147 Å². The number of pyridine rings is 1. The van der Waals surface area contributed by atoms with E-state index in [0.29, 0.717) is 5.69 Å². The standard InChI is InChI=1S/C7H9N3O.C6H14N2O.2C2H6/c1-8-7(11)10-6-3-2-4-9-5-6;1-4-8(5-2)6(9)7-3;2*1-2/h2-5H,1H3,(H2,8,10,11);4-5H2,1-3H3,(H,7,9);2*1-2H3. The van der Waals surface area contributed by atoms with Crippen LogP contribution in [-0.2, 0) is 0 Å². The molecule has 1 rings (SSSR count). The Morgan fingerprint density at radius 3 is 1.88 bits per heavy atom. The summed E-state index contributed by atoms with van der Waals surface area (Å²) < 4.78 is 0. The zero-order valence-electron chi connectivity index (χ0n) is 16.4. The summed E-state index contributed by atoms with van der Waals surface area (Å²) in [5.41, 5.74) is 0.687. The molecule has 0 bridgehead atoms. The number of aromatic nitrogens is 1. The number of nitrogens with one attached hydrogen (secondary N) is 3. The lowest BCUT2D eigenvalue weighted by Gasteiger charge is -2.16. The van der Waals surface area contributed by atoms with Crippen LogP contribution in [0.25, 0.3) is 0 Å². The van der Waals surface area contributed by atoms with E-state index in [0.717, 1.165) is 13.1 Å². The zero-order chi connectivity index (χ0) is 19.4. The molecule has 3 N–H and O–H groups in total. The highest BCUT2D eigenvalue weighted by Crippen LogP contribution is 2.00. The predicted molar refractivity (Wildman–Crippen MR) is 102 cm³/mol. The molecule has 0 radical (unpaired) electrons. The Hall–Kier alpha value is -2.31. The fourth-order valence-corrected chi connectivity index (χ4v) is 1.30.